The lowest BCUT2D eigenvalue weighted by Gasteiger charge is -2.27. The summed E-state index contributed by atoms with van der Waals surface area (Å²) in [5.74, 6) is 0.224. The van der Waals surface area contributed by atoms with Crippen LogP contribution in [-0.4, -0.2) is 28.2 Å². The molecule has 21 heavy (non-hydrogen) atoms. The highest BCUT2D eigenvalue weighted by Crippen LogP contribution is 2.30. The van der Waals surface area contributed by atoms with Gasteiger partial charge < -0.3 is 15.0 Å². The van der Waals surface area contributed by atoms with Crippen molar-refractivity contribution in [1.82, 2.24) is 9.88 Å². The lowest BCUT2D eigenvalue weighted by Crippen LogP contribution is -2.37. The van der Waals surface area contributed by atoms with E-state index in [1.165, 1.54) is 25.7 Å². The van der Waals surface area contributed by atoms with Crippen molar-refractivity contribution in [3.05, 3.63) is 24.0 Å². The Labute approximate surface area is 126 Å². The summed E-state index contributed by atoms with van der Waals surface area (Å²) in [4.78, 5) is 12.4. The molecule has 2 aliphatic rings. The molecule has 0 aliphatic heterocycles. The van der Waals surface area contributed by atoms with E-state index in [0.29, 0.717) is 12.6 Å². The molecule has 1 aromatic heterocycles. The Morgan fingerprint density at radius 1 is 1.19 bits per heavy atom. The molecule has 0 aromatic carbocycles. The predicted octanol–water partition coefficient (Wildman–Crippen LogP) is 2.88. The summed E-state index contributed by atoms with van der Waals surface area (Å²) in [5.41, 5.74) is 0.771. The van der Waals surface area contributed by atoms with Crippen molar-refractivity contribution < 1.29 is 9.90 Å². The molecule has 2 atom stereocenters. The van der Waals surface area contributed by atoms with Crippen molar-refractivity contribution in [3.8, 4) is 0 Å². The molecule has 0 saturated heterocycles. The smallest absolute Gasteiger partial charge is 0.267 e. The standard InChI is InChI=1S/C17H26N2O2/c20-16-10-4-1-6-13(16)12-18-17(21)15-9-5-11-19(15)14-7-2-3-8-14/h5,9,11,13-14,16,20H,1-4,6-8,10,12H2,(H,18,21). The first kappa shape index (κ1) is 14.6. The topological polar surface area (TPSA) is 54.3 Å². The fraction of sp³-hybridized carbons (Fsp3) is 0.706. The van der Waals surface area contributed by atoms with Crippen LogP contribution in [0.4, 0.5) is 0 Å². The van der Waals surface area contributed by atoms with E-state index in [2.05, 4.69) is 9.88 Å². The lowest BCUT2D eigenvalue weighted by atomic mass is 9.86. The van der Waals surface area contributed by atoms with E-state index in [1.54, 1.807) is 0 Å². The average molecular weight is 290 g/mol. The van der Waals surface area contributed by atoms with Crippen LogP contribution < -0.4 is 5.32 Å². The van der Waals surface area contributed by atoms with E-state index >= 15 is 0 Å². The van der Waals surface area contributed by atoms with Gasteiger partial charge in [-0.05, 0) is 37.8 Å². The van der Waals surface area contributed by atoms with E-state index in [-0.39, 0.29) is 17.9 Å². The summed E-state index contributed by atoms with van der Waals surface area (Å²) in [7, 11) is 0. The Morgan fingerprint density at radius 3 is 2.67 bits per heavy atom. The second-order valence-electron chi connectivity index (χ2n) is 6.56. The van der Waals surface area contributed by atoms with E-state index in [1.807, 2.05) is 18.3 Å². The second kappa shape index (κ2) is 6.65. The quantitative estimate of drug-likeness (QED) is 0.896. The normalized spacial score (nSPS) is 26.9. The Morgan fingerprint density at radius 2 is 1.90 bits per heavy atom. The number of nitrogens with one attached hydrogen (secondary N) is 1. The van der Waals surface area contributed by atoms with Crippen LogP contribution in [-0.2, 0) is 0 Å². The van der Waals surface area contributed by atoms with Gasteiger partial charge in [-0.3, -0.25) is 4.79 Å². The largest absolute Gasteiger partial charge is 0.393 e. The molecule has 3 rings (SSSR count). The fourth-order valence-electron chi connectivity index (χ4n) is 3.83. The zero-order valence-corrected chi connectivity index (χ0v) is 12.6. The first-order valence-electron chi connectivity index (χ1n) is 8.39. The molecular formula is C17H26N2O2. The molecule has 1 amide bonds. The SMILES string of the molecule is O=C(NCC1CCCCC1O)c1cccn1C1CCCC1. The van der Waals surface area contributed by atoms with Crippen LogP contribution in [0.1, 0.15) is 67.9 Å². The van der Waals surface area contributed by atoms with Gasteiger partial charge >= 0.3 is 0 Å². The molecule has 0 radical (unpaired) electrons. The van der Waals surface area contributed by atoms with Crippen LogP contribution in [0, 0.1) is 5.92 Å². The van der Waals surface area contributed by atoms with Gasteiger partial charge in [0.25, 0.3) is 5.91 Å². The number of hydrogen-bond donors (Lipinski definition) is 2. The summed E-state index contributed by atoms with van der Waals surface area (Å²) < 4.78 is 2.14. The minimum absolute atomic E-state index is 0.00433. The maximum absolute atomic E-state index is 12.4. The fourth-order valence-corrected chi connectivity index (χ4v) is 3.83. The zero-order chi connectivity index (χ0) is 14.7. The highest BCUT2D eigenvalue weighted by molar-refractivity contribution is 5.92. The Hall–Kier alpha value is -1.29. The summed E-state index contributed by atoms with van der Waals surface area (Å²) in [6.45, 7) is 0.593. The van der Waals surface area contributed by atoms with E-state index in [9.17, 15) is 9.90 Å². The van der Waals surface area contributed by atoms with E-state index < -0.39 is 0 Å². The summed E-state index contributed by atoms with van der Waals surface area (Å²) in [5, 5.41) is 13.0. The van der Waals surface area contributed by atoms with Crippen molar-refractivity contribution in [2.45, 2.75) is 63.5 Å². The summed E-state index contributed by atoms with van der Waals surface area (Å²) in [6.07, 6.45) is 10.8. The van der Waals surface area contributed by atoms with Crippen LogP contribution in [0.2, 0.25) is 0 Å². The van der Waals surface area contributed by atoms with Gasteiger partial charge in [-0.1, -0.05) is 25.7 Å². The highest BCUT2D eigenvalue weighted by Gasteiger charge is 2.25. The van der Waals surface area contributed by atoms with Crippen LogP contribution in [0.25, 0.3) is 0 Å². The first-order valence-corrected chi connectivity index (χ1v) is 8.39. The Balaban J connectivity index is 1.59. The number of aliphatic hydroxyl groups excluding tert-OH is 1. The molecule has 0 bridgehead atoms. The molecule has 2 fully saturated rings. The summed E-state index contributed by atoms with van der Waals surface area (Å²) in [6, 6.07) is 4.36. The molecule has 2 saturated carbocycles. The van der Waals surface area contributed by atoms with Gasteiger partial charge in [0, 0.05) is 24.7 Å². The number of carbonyl (C=O) groups is 1. The number of rotatable bonds is 4. The van der Waals surface area contributed by atoms with Crippen LogP contribution >= 0.6 is 0 Å². The molecule has 116 valence electrons. The minimum Gasteiger partial charge on any atom is -0.393 e. The number of aromatic nitrogens is 1. The molecule has 2 N–H and O–H groups in total. The number of amides is 1. The molecular weight excluding hydrogens is 264 g/mol. The van der Waals surface area contributed by atoms with Crippen molar-refractivity contribution in [2.24, 2.45) is 5.92 Å². The van der Waals surface area contributed by atoms with Gasteiger partial charge in [0.2, 0.25) is 0 Å². The molecule has 2 aliphatic carbocycles. The van der Waals surface area contributed by atoms with Gasteiger partial charge in [0.05, 0.1) is 6.10 Å². The monoisotopic (exact) mass is 290 g/mol. The number of hydrogen-bond acceptors (Lipinski definition) is 2. The van der Waals surface area contributed by atoms with Crippen molar-refractivity contribution >= 4 is 5.91 Å². The van der Waals surface area contributed by atoms with Crippen LogP contribution in [0.3, 0.4) is 0 Å². The van der Waals surface area contributed by atoms with Crippen LogP contribution in [0.5, 0.6) is 0 Å². The Bertz CT molecular complexity index is 477. The Kier molecular flexibility index (Phi) is 4.63. The van der Waals surface area contributed by atoms with Gasteiger partial charge in [0.1, 0.15) is 5.69 Å². The molecule has 1 aromatic rings. The number of nitrogens with zero attached hydrogens (tertiary/aromatic N) is 1. The second-order valence-corrected chi connectivity index (χ2v) is 6.56. The van der Waals surface area contributed by atoms with Crippen LogP contribution in [0.15, 0.2) is 18.3 Å². The highest BCUT2D eigenvalue weighted by atomic mass is 16.3. The zero-order valence-electron chi connectivity index (χ0n) is 12.6. The molecule has 4 heteroatoms. The van der Waals surface area contributed by atoms with Crippen molar-refractivity contribution in [2.75, 3.05) is 6.54 Å². The van der Waals surface area contributed by atoms with E-state index in [0.717, 1.165) is 31.4 Å². The third-order valence-corrected chi connectivity index (χ3v) is 5.12. The van der Waals surface area contributed by atoms with Crippen molar-refractivity contribution in [3.63, 3.8) is 0 Å². The molecule has 4 nitrogen and oxygen atoms in total. The van der Waals surface area contributed by atoms with Gasteiger partial charge in [-0.15, -0.1) is 0 Å². The third kappa shape index (κ3) is 3.31. The first-order chi connectivity index (χ1) is 10.3. The average Bonchev–Trinajstić information content (AvgIpc) is 3.16. The van der Waals surface area contributed by atoms with Crippen molar-refractivity contribution in [1.29, 1.82) is 0 Å². The van der Waals surface area contributed by atoms with Gasteiger partial charge in [-0.25, -0.2) is 0 Å². The predicted molar refractivity (Wildman–Crippen MR) is 82.2 cm³/mol. The van der Waals surface area contributed by atoms with Gasteiger partial charge in [-0.2, -0.15) is 0 Å². The number of aliphatic hydroxyl groups is 1. The summed E-state index contributed by atoms with van der Waals surface area (Å²) >= 11 is 0. The maximum Gasteiger partial charge on any atom is 0.267 e. The molecule has 1 heterocycles. The van der Waals surface area contributed by atoms with Gasteiger partial charge in [0.15, 0.2) is 0 Å². The maximum atomic E-state index is 12.4. The third-order valence-electron chi connectivity index (χ3n) is 5.12. The minimum atomic E-state index is -0.249. The lowest BCUT2D eigenvalue weighted by molar-refractivity contribution is 0.0660. The van der Waals surface area contributed by atoms with E-state index in [4.69, 9.17) is 0 Å². The number of carbonyl (C=O) groups excluding carboxylic acids is 1. The molecule has 0 spiro atoms. The molecule has 2 unspecified atom stereocenters.